The number of hydrogen-bond acceptors (Lipinski definition) is 4. The van der Waals surface area contributed by atoms with Crippen molar-refractivity contribution in [2.24, 2.45) is 7.05 Å². The summed E-state index contributed by atoms with van der Waals surface area (Å²) in [5, 5.41) is 11.3. The number of ether oxygens (including phenoxy) is 1. The van der Waals surface area contributed by atoms with Crippen molar-refractivity contribution in [1.29, 1.82) is 0 Å². The molecule has 4 aromatic rings. The Morgan fingerprint density at radius 1 is 0.931 bits per heavy atom. The maximum absolute atomic E-state index is 11.3. The van der Waals surface area contributed by atoms with Gasteiger partial charge in [0.15, 0.2) is 0 Å². The van der Waals surface area contributed by atoms with Gasteiger partial charge in [0.05, 0.1) is 11.1 Å². The number of para-hydroxylation sites is 1. The van der Waals surface area contributed by atoms with Gasteiger partial charge in [-0.2, -0.15) is 0 Å². The molecule has 0 aliphatic carbocycles. The molecule has 4 rings (SSSR count). The number of aromatic nitrogens is 1. The van der Waals surface area contributed by atoms with Crippen molar-refractivity contribution in [1.82, 2.24) is 4.57 Å². The van der Waals surface area contributed by atoms with Gasteiger partial charge in [-0.05, 0) is 35.9 Å². The summed E-state index contributed by atoms with van der Waals surface area (Å²) in [5.74, 6) is 1.48. The summed E-state index contributed by atoms with van der Waals surface area (Å²) in [6.45, 7) is 0. The van der Waals surface area contributed by atoms with E-state index in [2.05, 4.69) is 0 Å². The second-order valence-corrected chi connectivity index (χ2v) is 7.59. The van der Waals surface area contributed by atoms with Gasteiger partial charge in [-0.3, -0.25) is 10.1 Å². The Morgan fingerprint density at radius 3 is 2.31 bits per heavy atom. The smallest absolute Gasteiger partial charge is 0.300 e. The van der Waals surface area contributed by atoms with Crippen LogP contribution in [0.25, 0.3) is 11.1 Å². The van der Waals surface area contributed by atoms with Crippen LogP contribution in [0.15, 0.2) is 101 Å². The molecule has 29 heavy (non-hydrogen) atoms. The molecule has 6 heteroatoms. The first-order chi connectivity index (χ1) is 14.1. The lowest BCUT2D eigenvalue weighted by atomic mass is 10.0. The molecule has 0 spiro atoms. The third-order valence-electron chi connectivity index (χ3n) is 4.33. The largest absolute Gasteiger partial charge is 0.457 e. The van der Waals surface area contributed by atoms with Gasteiger partial charge in [0, 0.05) is 23.7 Å². The second kappa shape index (κ2) is 8.24. The number of benzene rings is 3. The van der Waals surface area contributed by atoms with Gasteiger partial charge in [-0.15, -0.1) is 0 Å². The molecule has 5 nitrogen and oxygen atoms in total. The maximum Gasteiger partial charge on any atom is 0.300 e. The number of nitro groups is 1. The van der Waals surface area contributed by atoms with Crippen LogP contribution in [0.1, 0.15) is 0 Å². The first-order valence-corrected chi connectivity index (χ1v) is 9.82. The van der Waals surface area contributed by atoms with E-state index in [1.807, 2.05) is 78.9 Å². The summed E-state index contributed by atoms with van der Waals surface area (Å²) in [4.78, 5) is 12.5. The summed E-state index contributed by atoms with van der Waals surface area (Å²) in [6, 6.07) is 25.4. The molecule has 1 aromatic heterocycles. The summed E-state index contributed by atoms with van der Waals surface area (Å²) >= 11 is 1.37. The summed E-state index contributed by atoms with van der Waals surface area (Å²) in [5.41, 5.74) is 2.05. The van der Waals surface area contributed by atoms with E-state index >= 15 is 0 Å². The Balaban J connectivity index is 1.73. The van der Waals surface area contributed by atoms with Gasteiger partial charge < -0.3 is 9.30 Å². The quantitative estimate of drug-likeness (QED) is 0.271. The standard InChI is InChI=1S/C23H18N2O3S/c1-24-15-21(25(26)27)23(16-24)29-19-12-13-22(28-18-10-6-3-7-11-18)20(14-19)17-8-4-2-5-9-17/h2-16H,1H3. The molecule has 0 saturated heterocycles. The van der Waals surface area contributed by atoms with Crippen molar-refractivity contribution >= 4 is 17.4 Å². The van der Waals surface area contributed by atoms with E-state index in [4.69, 9.17) is 4.74 Å². The Morgan fingerprint density at radius 2 is 1.62 bits per heavy atom. The third kappa shape index (κ3) is 4.33. The van der Waals surface area contributed by atoms with Crippen LogP contribution in [-0.4, -0.2) is 9.49 Å². The average Bonchev–Trinajstić information content (AvgIpc) is 3.11. The highest BCUT2D eigenvalue weighted by Gasteiger charge is 2.18. The molecule has 0 unspecified atom stereocenters. The minimum absolute atomic E-state index is 0.100. The van der Waals surface area contributed by atoms with Crippen molar-refractivity contribution in [3.05, 3.63) is 101 Å². The lowest BCUT2D eigenvalue weighted by Crippen LogP contribution is -1.90. The number of aryl methyl sites for hydroxylation is 1. The minimum atomic E-state index is -0.354. The topological polar surface area (TPSA) is 57.3 Å². The monoisotopic (exact) mass is 402 g/mol. The second-order valence-electron chi connectivity index (χ2n) is 6.47. The Kier molecular flexibility index (Phi) is 5.35. The lowest BCUT2D eigenvalue weighted by Gasteiger charge is -2.13. The number of nitrogens with zero attached hydrogens (tertiary/aromatic N) is 2. The fourth-order valence-corrected chi connectivity index (χ4v) is 4.03. The lowest BCUT2D eigenvalue weighted by molar-refractivity contribution is -0.387. The van der Waals surface area contributed by atoms with E-state index in [-0.39, 0.29) is 10.6 Å². The normalized spacial score (nSPS) is 10.7. The van der Waals surface area contributed by atoms with E-state index in [9.17, 15) is 10.1 Å². The van der Waals surface area contributed by atoms with Crippen molar-refractivity contribution in [2.75, 3.05) is 0 Å². The zero-order valence-corrected chi connectivity index (χ0v) is 16.5. The molecule has 0 amide bonds. The van der Waals surface area contributed by atoms with Crippen LogP contribution in [0.3, 0.4) is 0 Å². The van der Waals surface area contributed by atoms with Crippen LogP contribution in [-0.2, 0) is 7.05 Å². The van der Waals surface area contributed by atoms with Crippen LogP contribution >= 0.6 is 11.8 Å². The molecule has 0 N–H and O–H groups in total. The van der Waals surface area contributed by atoms with Gasteiger partial charge >= 0.3 is 5.69 Å². The predicted molar refractivity (Wildman–Crippen MR) is 115 cm³/mol. The van der Waals surface area contributed by atoms with E-state index in [0.29, 0.717) is 4.90 Å². The highest BCUT2D eigenvalue weighted by atomic mass is 32.2. The van der Waals surface area contributed by atoms with E-state index < -0.39 is 0 Å². The predicted octanol–water partition coefficient (Wildman–Crippen LogP) is 6.54. The molecule has 0 aliphatic heterocycles. The molecule has 1 heterocycles. The van der Waals surface area contributed by atoms with Gasteiger partial charge in [0.1, 0.15) is 16.4 Å². The van der Waals surface area contributed by atoms with Gasteiger partial charge in [-0.25, -0.2) is 0 Å². The van der Waals surface area contributed by atoms with Crippen molar-refractivity contribution in [3.63, 3.8) is 0 Å². The Labute approximate surface area is 172 Å². The van der Waals surface area contributed by atoms with Gasteiger partial charge in [-0.1, -0.05) is 60.3 Å². The van der Waals surface area contributed by atoms with Crippen LogP contribution in [0.4, 0.5) is 5.69 Å². The highest BCUT2D eigenvalue weighted by molar-refractivity contribution is 7.99. The Bertz CT molecular complexity index is 1140. The third-order valence-corrected chi connectivity index (χ3v) is 5.35. The van der Waals surface area contributed by atoms with Crippen LogP contribution < -0.4 is 4.74 Å². The van der Waals surface area contributed by atoms with Crippen molar-refractivity contribution in [3.8, 4) is 22.6 Å². The molecule has 0 aliphatic rings. The average molecular weight is 402 g/mol. The molecule has 0 radical (unpaired) electrons. The molecular formula is C23H18N2O3S. The van der Waals surface area contributed by atoms with Crippen LogP contribution in [0.5, 0.6) is 11.5 Å². The minimum Gasteiger partial charge on any atom is -0.457 e. The molecule has 144 valence electrons. The van der Waals surface area contributed by atoms with E-state index in [0.717, 1.165) is 27.5 Å². The van der Waals surface area contributed by atoms with Gasteiger partial charge in [0.25, 0.3) is 0 Å². The zero-order chi connectivity index (χ0) is 20.2. The molecule has 0 bridgehead atoms. The van der Waals surface area contributed by atoms with Gasteiger partial charge in [0.2, 0.25) is 0 Å². The molecular weight excluding hydrogens is 384 g/mol. The summed E-state index contributed by atoms with van der Waals surface area (Å²) in [6.07, 6.45) is 3.28. The van der Waals surface area contributed by atoms with Crippen molar-refractivity contribution in [2.45, 2.75) is 9.79 Å². The first kappa shape index (κ1) is 18.8. The zero-order valence-electron chi connectivity index (χ0n) is 15.7. The first-order valence-electron chi connectivity index (χ1n) is 9.01. The fraction of sp³-hybridized carbons (Fsp3) is 0.0435. The summed E-state index contributed by atoms with van der Waals surface area (Å²) < 4.78 is 7.81. The van der Waals surface area contributed by atoms with Crippen LogP contribution in [0.2, 0.25) is 0 Å². The maximum atomic E-state index is 11.3. The molecule has 0 saturated carbocycles. The summed E-state index contributed by atoms with van der Waals surface area (Å²) in [7, 11) is 1.78. The fourth-order valence-electron chi connectivity index (χ4n) is 3.01. The SMILES string of the molecule is Cn1cc(Sc2ccc(Oc3ccccc3)c(-c3ccccc3)c2)c([N+](=O)[O-])c1. The molecule has 0 atom stereocenters. The number of rotatable bonds is 6. The Hall–Kier alpha value is -3.51. The highest BCUT2D eigenvalue weighted by Crippen LogP contribution is 2.40. The van der Waals surface area contributed by atoms with Crippen molar-refractivity contribution < 1.29 is 9.66 Å². The van der Waals surface area contributed by atoms with E-state index in [1.165, 1.54) is 18.0 Å². The van der Waals surface area contributed by atoms with Crippen LogP contribution in [0, 0.1) is 10.1 Å². The number of hydrogen-bond donors (Lipinski definition) is 0. The molecule has 0 fully saturated rings. The van der Waals surface area contributed by atoms with E-state index in [1.54, 1.807) is 17.8 Å². The molecule has 3 aromatic carbocycles.